The number of hydrogen-bond acceptors (Lipinski definition) is 5. The number of aryl methyl sites for hydroxylation is 1. The summed E-state index contributed by atoms with van der Waals surface area (Å²) in [5, 5.41) is 0.849. The standard InChI is InChI=1S/C12H19N3O2S/c1-7-10(18-11(14-7)8(2)17-3)12(16)15-5-4-9(13)6-15/h8-9H,4-6,13H2,1-3H3/t8?,9-/m0/s1. The third-order valence-electron chi connectivity index (χ3n) is 3.22. The fourth-order valence-electron chi connectivity index (χ4n) is 2.01. The number of aromatic nitrogens is 1. The summed E-state index contributed by atoms with van der Waals surface area (Å²) in [5.41, 5.74) is 6.61. The molecule has 0 bridgehead atoms. The number of rotatable bonds is 3. The quantitative estimate of drug-likeness (QED) is 0.899. The van der Waals surface area contributed by atoms with Crippen molar-refractivity contribution in [2.24, 2.45) is 5.73 Å². The summed E-state index contributed by atoms with van der Waals surface area (Å²) in [6.45, 7) is 5.18. The van der Waals surface area contributed by atoms with Crippen LogP contribution < -0.4 is 5.73 Å². The van der Waals surface area contributed by atoms with Gasteiger partial charge in [-0.3, -0.25) is 4.79 Å². The van der Waals surface area contributed by atoms with Gasteiger partial charge in [-0.2, -0.15) is 0 Å². The van der Waals surface area contributed by atoms with Crippen molar-refractivity contribution in [1.82, 2.24) is 9.88 Å². The summed E-state index contributed by atoms with van der Waals surface area (Å²) >= 11 is 1.42. The molecule has 2 atom stereocenters. The Hall–Kier alpha value is -0.980. The van der Waals surface area contributed by atoms with Crippen LogP contribution in [-0.2, 0) is 4.74 Å². The van der Waals surface area contributed by atoms with Crippen LogP contribution >= 0.6 is 11.3 Å². The van der Waals surface area contributed by atoms with Crippen LogP contribution in [0.25, 0.3) is 0 Å². The van der Waals surface area contributed by atoms with Gasteiger partial charge >= 0.3 is 0 Å². The van der Waals surface area contributed by atoms with Crippen molar-refractivity contribution in [1.29, 1.82) is 0 Å². The highest BCUT2D eigenvalue weighted by atomic mass is 32.1. The molecule has 1 aliphatic rings. The van der Waals surface area contributed by atoms with Gasteiger partial charge in [-0.25, -0.2) is 4.98 Å². The molecule has 1 aliphatic heterocycles. The van der Waals surface area contributed by atoms with E-state index >= 15 is 0 Å². The largest absolute Gasteiger partial charge is 0.375 e. The summed E-state index contributed by atoms with van der Waals surface area (Å²) < 4.78 is 5.23. The second-order valence-corrected chi connectivity index (χ2v) is 5.68. The normalized spacial score (nSPS) is 21.3. The molecule has 1 saturated heterocycles. The highest BCUT2D eigenvalue weighted by Gasteiger charge is 2.28. The molecule has 1 fully saturated rings. The maximum Gasteiger partial charge on any atom is 0.265 e. The van der Waals surface area contributed by atoms with E-state index in [1.54, 1.807) is 7.11 Å². The fourth-order valence-corrected chi connectivity index (χ4v) is 3.07. The van der Waals surface area contributed by atoms with E-state index in [0.717, 1.165) is 23.7 Å². The predicted molar refractivity (Wildman–Crippen MR) is 70.8 cm³/mol. The second kappa shape index (κ2) is 5.34. The molecule has 5 nitrogen and oxygen atoms in total. The Balaban J connectivity index is 2.17. The van der Waals surface area contributed by atoms with Crippen LogP contribution in [0.15, 0.2) is 0 Å². The van der Waals surface area contributed by atoms with Crippen LogP contribution in [0.1, 0.15) is 39.8 Å². The Bertz CT molecular complexity index is 447. The molecule has 18 heavy (non-hydrogen) atoms. The molecule has 1 aromatic rings. The van der Waals surface area contributed by atoms with Crippen LogP contribution in [-0.4, -0.2) is 42.0 Å². The van der Waals surface area contributed by atoms with Crippen molar-refractivity contribution >= 4 is 17.2 Å². The zero-order chi connectivity index (χ0) is 13.3. The number of hydrogen-bond donors (Lipinski definition) is 1. The lowest BCUT2D eigenvalue weighted by Crippen LogP contribution is -2.31. The van der Waals surface area contributed by atoms with Crippen molar-refractivity contribution in [3.8, 4) is 0 Å². The van der Waals surface area contributed by atoms with Crippen LogP contribution in [0.5, 0.6) is 0 Å². The number of nitrogens with zero attached hydrogens (tertiary/aromatic N) is 2. The maximum absolute atomic E-state index is 12.3. The van der Waals surface area contributed by atoms with Crippen molar-refractivity contribution in [2.45, 2.75) is 32.4 Å². The second-order valence-electron chi connectivity index (χ2n) is 4.64. The average Bonchev–Trinajstić information content (AvgIpc) is 2.94. The Labute approximate surface area is 111 Å². The highest BCUT2D eigenvalue weighted by molar-refractivity contribution is 7.13. The van der Waals surface area contributed by atoms with Crippen molar-refractivity contribution in [3.63, 3.8) is 0 Å². The van der Waals surface area contributed by atoms with Crippen LogP contribution in [0.2, 0.25) is 0 Å². The number of carbonyl (C=O) groups is 1. The van der Waals surface area contributed by atoms with E-state index in [4.69, 9.17) is 10.5 Å². The van der Waals surface area contributed by atoms with E-state index in [1.165, 1.54) is 11.3 Å². The molecule has 0 aromatic carbocycles. The van der Waals surface area contributed by atoms with Gasteiger partial charge in [0.25, 0.3) is 5.91 Å². The first kappa shape index (κ1) is 13.5. The van der Waals surface area contributed by atoms with Crippen molar-refractivity contribution in [3.05, 3.63) is 15.6 Å². The number of likely N-dealkylation sites (tertiary alicyclic amines) is 1. The third-order valence-corrected chi connectivity index (χ3v) is 4.53. The molecule has 6 heteroatoms. The Morgan fingerprint density at radius 2 is 2.39 bits per heavy atom. The fraction of sp³-hybridized carbons (Fsp3) is 0.667. The Morgan fingerprint density at radius 1 is 1.67 bits per heavy atom. The van der Waals surface area contributed by atoms with Gasteiger partial charge in [0, 0.05) is 26.2 Å². The molecular weight excluding hydrogens is 250 g/mol. The SMILES string of the molecule is COC(C)c1nc(C)c(C(=O)N2CC[C@H](N)C2)s1. The average molecular weight is 269 g/mol. The van der Waals surface area contributed by atoms with Gasteiger partial charge < -0.3 is 15.4 Å². The Morgan fingerprint density at radius 3 is 2.94 bits per heavy atom. The van der Waals surface area contributed by atoms with Gasteiger partial charge in [0.1, 0.15) is 16.0 Å². The third kappa shape index (κ3) is 2.55. The minimum Gasteiger partial charge on any atom is -0.375 e. The van der Waals surface area contributed by atoms with E-state index in [1.807, 2.05) is 18.7 Å². The Kier molecular flexibility index (Phi) is 3.99. The van der Waals surface area contributed by atoms with Gasteiger partial charge in [0.2, 0.25) is 0 Å². The molecule has 0 saturated carbocycles. The molecule has 0 spiro atoms. The monoisotopic (exact) mass is 269 g/mol. The van der Waals surface area contributed by atoms with Crippen LogP contribution in [0.4, 0.5) is 0 Å². The lowest BCUT2D eigenvalue weighted by Gasteiger charge is -2.14. The zero-order valence-electron chi connectivity index (χ0n) is 11.0. The van der Waals surface area contributed by atoms with E-state index in [2.05, 4.69) is 4.98 Å². The molecular formula is C12H19N3O2S. The van der Waals surface area contributed by atoms with Crippen LogP contribution in [0, 0.1) is 6.92 Å². The first-order chi connectivity index (χ1) is 8.52. The first-order valence-corrected chi connectivity index (χ1v) is 6.89. The van der Waals surface area contributed by atoms with Crippen molar-refractivity contribution < 1.29 is 9.53 Å². The molecule has 100 valence electrons. The van der Waals surface area contributed by atoms with Crippen molar-refractivity contribution in [2.75, 3.05) is 20.2 Å². The topological polar surface area (TPSA) is 68.5 Å². The molecule has 1 amide bonds. The number of carbonyl (C=O) groups excluding carboxylic acids is 1. The smallest absolute Gasteiger partial charge is 0.265 e. The predicted octanol–water partition coefficient (Wildman–Crippen LogP) is 1.33. The molecule has 2 heterocycles. The van der Waals surface area contributed by atoms with E-state index in [-0.39, 0.29) is 18.1 Å². The number of thiazole rings is 1. The summed E-state index contributed by atoms with van der Waals surface area (Å²) in [6.07, 6.45) is 0.807. The number of ether oxygens (including phenoxy) is 1. The lowest BCUT2D eigenvalue weighted by molar-refractivity contribution is 0.0794. The molecule has 1 aromatic heterocycles. The van der Waals surface area contributed by atoms with E-state index in [0.29, 0.717) is 11.4 Å². The molecule has 0 radical (unpaired) electrons. The summed E-state index contributed by atoms with van der Waals surface area (Å²) in [7, 11) is 1.64. The lowest BCUT2D eigenvalue weighted by atomic mass is 10.3. The summed E-state index contributed by atoms with van der Waals surface area (Å²) in [6, 6.07) is 0.111. The van der Waals surface area contributed by atoms with Gasteiger partial charge in [0.05, 0.1) is 5.69 Å². The minimum absolute atomic E-state index is 0.0486. The number of amides is 1. The molecule has 0 aliphatic carbocycles. The molecule has 2 N–H and O–H groups in total. The van der Waals surface area contributed by atoms with E-state index < -0.39 is 0 Å². The maximum atomic E-state index is 12.3. The van der Waals surface area contributed by atoms with E-state index in [9.17, 15) is 4.79 Å². The first-order valence-electron chi connectivity index (χ1n) is 6.08. The highest BCUT2D eigenvalue weighted by Crippen LogP contribution is 2.27. The summed E-state index contributed by atoms with van der Waals surface area (Å²) in [5.74, 6) is 0.0486. The minimum atomic E-state index is -0.0731. The number of nitrogens with two attached hydrogens (primary N) is 1. The molecule has 2 rings (SSSR count). The van der Waals surface area contributed by atoms with Gasteiger partial charge in [-0.05, 0) is 20.3 Å². The van der Waals surface area contributed by atoms with Gasteiger partial charge in [0.15, 0.2) is 0 Å². The molecule has 1 unspecified atom stereocenters. The summed E-state index contributed by atoms with van der Waals surface area (Å²) in [4.78, 5) is 19.3. The van der Waals surface area contributed by atoms with Gasteiger partial charge in [-0.15, -0.1) is 11.3 Å². The van der Waals surface area contributed by atoms with Crippen LogP contribution in [0.3, 0.4) is 0 Å². The van der Waals surface area contributed by atoms with Gasteiger partial charge in [-0.1, -0.05) is 0 Å². The zero-order valence-corrected chi connectivity index (χ0v) is 11.8. The number of methoxy groups -OCH3 is 1.